The molecule has 0 amide bonds. The van der Waals surface area contributed by atoms with Crippen molar-refractivity contribution < 1.29 is 9.29 Å². The Bertz CT molecular complexity index is 849. The van der Waals surface area contributed by atoms with E-state index in [-0.39, 0.29) is 0 Å². The highest BCUT2D eigenvalue weighted by Gasteiger charge is 2.10. The molecule has 0 bridgehead atoms. The Morgan fingerprint density at radius 1 is 1.11 bits per heavy atom. The summed E-state index contributed by atoms with van der Waals surface area (Å²) < 4.78 is 23.1. The molecule has 7 nitrogen and oxygen atoms in total. The van der Waals surface area contributed by atoms with Crippen LogP contribution in [-0.4, -0.2) is 51.0 Å². The molecule has 1 fully saturated rings. The summed E-state index contributed by atoms with van der Waals surface area (Å²) in [5.74, 6) is 0.911. The van der Waals surface area contributed by atoms with Crippen LogP contribution in [0.4, 0.5) is 0 Å². The Morgan fingerprint density at radius 2 is 1.86 bits per heavy atom. The minimum Gasteiger partial charge on any atom is -0.549 e. The first-order valence-electron chi connectivity index (χ1n) is 10.2. The number of piperidine rings is 1. The van der Waals surface area contributed by atoms with Gasteiger partial charge >= 0.3 is 0 Å². The first-order chi connectivity index (χ1) is 13.7. The summed E-state index contributed by atoms with van der Waals surface area (Å²) in [6.45, 7) is 7.34. The number of H-pyrrole nitrogens is 2. The van der Waals surface area contributed by atoms with Gasteiger partial charge in [-0.25, -0.2) is 0 Å². The van der Waals surface area contributed by atoms with Gasteiger partial charge in [-0.15, -0.1) is 0 Å². The third kappa shape index (κ3) is 6.61. The summed E-state index contributed by atoms with van der Waals surface area (Å²) in [6, 6.07) is 8.38. The van der Waals surface area contributed by atoms with Gasteiger partial charge in [0.05, 0.1) is 6.61 Å². The third-order valence-corrected chi connectivity index (χ3v) is 5.45. The van der Waals surface area contributed by atoms with E-state index in [2.05, 4.69) is 48.8 Å². The predicted octanol–water partition coefficient (Wildman–Crippen LogP) is 2.74. The molecule has 2 heterocycles. The van der Waals surface area contributed by atoms with Crippen molar-refractivity contribution in [1.29, 1.82) is 0 Å². The molecular weight excluding hydrogens is 374 g/mol. The van der Waals surface area contributed by atoms with Crippen LogP contribution in [-0.2, 0) is 6.54 Å². The van der Waals surface area contributed by atoms with Crippen LogP contribution in [0.1, 0.15) is 44.6 Å². The maximum absolute atomic E-state index is 11.6. The van der Waals surface area contributed by atoms with Crippen molar-refractivity contribution in [1.82, 2.24) is 13.6 Å². The lowest BCUT2D eigenvalue weighted by Gasteiger charge is -2.26. The number of nitrogens with one attached hydrogen (secondary N) is 2. The standard InChI is InChI=1S/C20H31N5O2S/c1-2-10-21-19-20(24-28(26)23-19)22-11-7-14-27-18-9-6-8-17(15-18)16-25-12-4-3-5-13-25/h6,8-9,15H,2-5,7,10-14,16H2,1H3,(H,21,23)(H,22,24). The Kier molecular flexibility index (Phi) is 8.32. The topological polar surface area (TPSA) is 91.8 Å². The van der Waals surface area contributed by atoms with E-state index in [1.165, 1.54) is 37.9 Å². The molecular formula is C20H31N5O2S. The number of aromatic amines is 2. The molecule has 1 aliphatic heterocycles. The van der Waals surface area contributed by atoms with E-state index in [4.69, 9.17) is 4.74 Å². The van der Waals surface area contributed by atoms with Gasteiger partial charge in [0, 0.05) is 26.1 Å². The Morgan fingerprint density at radius 3 is 2.61 bits per heavy atom. The fourth-order valence-corrected chi connectivity index (χ4v) is 4.02. The van der Waals surface area contributed by atoms with Crippen LogP contribution in [0.25, 0.3) is 0 Å². The number of likely N-dealkylation sites (tertiary alicyclic amines) is 1. The lowest BCUT2D eigenvalue weighted by atomic mass is 10.1. The minimum absolute atomic E-state index is 0.579. The second kappa shape index (κ2) is 11.2. The average Bonchev–Trinajstić information content (AvgIpc) is 3.06. The van der Waals surface area contributed by atoms with Gasteiger partial charge in [-0.05, 0) is 50.0 Å². The molecule has 8 heteroatoms. The van der Waals surface area contributed by atoms with Crippen LogP contribution in [0.2, 0.25) is 0 Å². The maximum atomic E-state index is 11.6. The van der Waals surface area contributed by atoms with E-state index >= 15 is 0 Å². The smallest absolute Gasteiger partial charge is 0.219 e. The number of aromatic nitrogens is 2. The van der Waals surface area contributed by atoms with Gasteiger partial charge in [-0.3, -0.25) is 14.9 Å². The zero-order chi connectivity index (χ0) is 19.6. The Hall–Kier alpha value is -1.90. The minimum atomic E-state index is -1.33. The summed E-state index contributed by atoms with van der Waals surface area (Å²) in [5, 5.41) is 0. The van der Waals surface area contributed by atoms with Gasteiger partial charge in [0.15, 0.2) is 0 Å². The highest BCUT2D eigenvalue weighted by atomic mass is 32.2. The predicted molar refractivity (Wildman–Crippen MR) is 111 cm³/mol. The van der Waals surface area contributed by atoms with E-state index in [1.54, 1.807) is 0 Å². The van der Waals surface area contributed by atoms with Gasteiger partial charge in [0.25, 0.3) is 0 Å². The molecule has 0 radical (unpaired) electrons. The van der Waals surface area contributed by atoms with E-state index in [1.807, 2.05) is 6.07 Å². The van der Waals surface area contributed by atoms with Gasteiger partial charge in [0.2, 0.25) is 11.0 Å². The van der Waals surface area contributed by atoms with Crippen molar-refractivity contribution in [2.45, 2.75) is 45.6 Å². The number of benzene rings is 1. The molecule has 1 unspecified atom stereocenters. The van der Waals surface area contributed by atoms with Gasteiger partial charge in [-0.1, -0.05) is 25.5 Å². The van der Waals surface area contributed by atoms with Crippen LogP contribution in [0.5, 0.6) is 5.75 Å². The number of hydrogen-bond acceptors (Lipinski definition) is 5. The molecule has 2 N–H and O–H groups in total. The average molecular weight is 406 g/mol. The first kappa shape index (κ1) is 20.8. The van der Waals surface area contributed by atoms with E-state index in [0.717, 1.165) is 25.1 Å². The van der Waals surface area contributed by atoms with Gasteiger partial charge < -0.3 is 9.29 Å². The summed E-state index contributed by atoms with van der Waals surface area (Å²) in [6.07, 6.45) is 5.70. The van der Waals surface area contributed by atoms with Gasteiger partial charge in [-0.2, -0.15) is 8.75 Å². The van der Waals surface area contributed by atoms with Gasteiger partial charge in [0.1, 0.15) is 16.9 Å². The molecule has 1 saturated heterocycles. The molecule has 28 heavy (non-hydrogen) atoms. The number of ether oxygens (including phenoxy) is 1. The molecule has 0 spiro atoms. The van der Waals surface area contributed by atoms with E-state index in [9.17, 15) is 4.55 Å². The third-order valence-electron chi connectivity index (χ3n) is 4.69. The first-order valence-corrected chi connectivity index (χ1v) is 11.4. The highest BCUT2D eigenvalue weighted by Crippen LogP contribution is 2.17. The van der Waals surface area contributed by atoms with Crippen LogP contribution in [0.3, 0.4) is 0 Å². The zero-order valence-electron chi connectivity index (χ0n) is 16.7. The lowest BCUT2D eigenvalue weighted by Crippen LogP contribution is -2.29. The quantitative estimate of drug-likeness (QED) is 0.496. The lowest BCUT2D eigenvalue weighted by molar-refractivity contribution is 0.220. The van der Waals surface area contributed by atoms with Crippen LogP contribution >= 0.6 is 11.1 Å². The molecule has 3 rings (SSSR count). The van der Waals surface area contributed by atoms with Crippen molar-refractivity contribution in [3.8, 4) is 5.75 Å². The normalized spacial score (nSPS) is 17.3. The second-order valence-electron chi connectivity index (χ2n) is 7.12. The maximum Gasteiger partial charge on any atom is 0.219 e. The highest BCUT2D eigenvalue weighted by molar-refractivity contribution is 7.13. The fraction of sp³-hybridized carbons (Fsp3) is 0.600. The molecule has 1 aliphatic rings. The molecule has 1 aromatic heterocycles. The molecule has 1 aromatic carbocycles. The van der Waals surface area contributed by atoms with Crippen LogP contribution in [0.15, 0.2) is 34.3 Å². The largest absolute Gasteiger partial charge is 0.549 e. The summed E-state index contributed by atoms with van der Waals surface area (Å²) >= 11 is -1.33. The number of rotatable bonds is 9. The molecule has 1 atom stereocenters. The van der Waals surface area contributed by atoms with Crippen molar-refractivity contribution in [3.05, 3.63) is 40.8 Å². The fourth-order valence-electron chi connectivity index (χ4n) is 3.29. The number of hydrogen-bond donors (Lipinski definition) is 2. The molecule has 154 valence electrons. The van der Waals surface area contributed by atoms with Crippen molar-refractivity contribution in [3.63, 3.8) is 0 Å². The summed E-state index contributed by atoms with van der Waals surface area (Å²) in [4.78, 5) is 11.3. The summed E-state index contributed by atoms with van der Waals surface area (Å²) in [7, 11) is 0. The second-order valence-corrected chi connectivity index (χ2v) is 8.07. The number of nitrogens with zero attached hydrogens (tertiary/aromatic N) is 3. The molecule has 0 saturated carbocycles. The van der Waals surface area contributed by atoms with Crippen molar-refractivity contribution in [2.24, 2.45) is 9.98 Å². The monoisotopic (exact) mass is 405 g/mol. The van der Waals surface area contributed by atoms with E-state index < -0.39 is 11.1 Å². The van der Waals surface area contributed by atoms with Crippen molar-refractivity contribution >= 4 is 11.1 Å². The zero-order valence-corrected chi connectivity index (χ0v) is 17.5. The Labute approximate surface area is 169 Å². The van der Waals surface area contributed by atoms with Crippen LogP contribution < -0.4 is 15.7 Å². The summed E-state index contributed by atoms with van der Waals surface area (Å²) in [5.41, 5.74) is 2.47. The van der Waals surface area contributed by atoms with E-state index in [0.29, 0.717) is 30.7 Å². The molecule has 2 aromatic rings. The Balaban J connectivity index is 1.47. The van der Waals surface area contributed by atoms with Crippen LogP contribution in [0, 0.1) is 0 Å². The molecule has 0 aliphatic carbocycles. The SMILES string of the molecule is CCCN=c1[nH][s+]([O-])[nH]c1=NCCCOc1cccc(CN2CCCCC2)c1. The van der Waals surface area contributed by atoms with Crippen molar-refractivity contribution in [2.75, 3.05) is 32.8 Å².